The molecule has 4 atom stereocenters. The van der Waals surface area contributed by atoms with Crippen LogP contribution in [0.15, 0.2) is 18.2 Å². The van der Waals surface area contributed by atoms with Gasteiger partial charge in [0.15, 0.2) is 0 Å². The number of piperidine rings is 1. The number of nitrogens with zero attached hydrogens (tertiary/aromatic N) is 1. The number of aryl methyl sites for hydroxylation is 1. The van der Waals surface area contributed by atoms with Crippen molar-refractivity contribution in [2.75, 3.05) is 13.7 Å². The number of methoxy groups -OCH3 is 1. The summed E-state index contributed by atoms with van der Waals surface area (Å²) < 4.78 is 5.30. The van der Waals surface area contributed by atoms with Crippen molar-refractivity contribution in [3.63, 3.8) is 0 Å². The molecule has 3 rings (SSSR count). The lowest BCUT2D eigenvalue weighted by molar-refractivity contribution is -0.0143. The van der Waals surface area contributed by atoms with Crippen LogP contribution >= 0.6 is 0 Å². The zero-order valence-electron chi connectivity index (χ0n) is 13.4. The van der Waals surface area contributed by atoms with E-state index in [1.807, 2.05) is 12.1 Å². The third-order valence-electron chi connectivity index (χ3n) is 5.59. The fourth-order valence-corrected chi connectivity index (χ4v) is 4.07. The summed E-state index contributed by atoms with van der Waals surface area (Å²) in [5.74, 6) is 1.61. The minimum absolute atomic E-state index is 0.267. The maximum absolute atomic E-state index is 10.9. The highest BCUT2D eigenvalue weighted by atomic mass is 16.5. The first kappa shape index (κ1) is 14.9. The number of aliphatic hydroxyl groups excluding tert-OH is 1. The number of hydrogen-bond acceptors (Lipinski definition) is 3. The van der Waals surface area contributed by atoms with Gasteiger partial charge in [-0.05, 0) is 68.3 Å². The van der Waals surface area contributed by atoms with Gasteiger partial charge < -0.3 is 9.84 Å². The van der Waals surface area contributed by atoms with Crippen molar-refractivity contribution in [1.82, 2.24) is 4.90 Å². The van der Waals surface area contributed by atoms with Crippen molar-refractivity contribution < 1.29 is 9.84 Å². The van der Waals surface area contributed by atoms with Gasteiger partial charge in [0.1, 0.15) is 5.75 Å². The van der Waals surface area contributed by atoms with E-state index in [2.05, 4.69) is 24.8 Å². The molecule has 0 saturated carbocycles. The lowest BCUT2D eigenvalue weighted by atomic mass is 9.82. The molecule has 1 fully saturated rings. The normalized spacial score (nSPS) is 33.5. The van der Waals surface area contributed by atoms with Gasteiger partial charge in [-0.3, -0.25) is 4.90 Å². The van der Waals surface area contributed by atoms with Gasteiger partial charge in [0.2, 0.25) is 0 Å². The second-order valence-corrected chi connectivity index (χ2v) is 6.71. The fourth-order valence-electron chi connectivity index (χ4n) is 4.07. The summed E-state index contributed by atoms with van der Waals surface area (Å²) in [6, 6.07) is 6.93. The van der Waals surface area contributed by atoms with Gasteiger partial charge in [-0.15, -0.1) is 0 Å². The molecule has 2 aliphatic rings. The molecule has 4 unspecified atom stereocenters. The summed E-state index contributed by atoms with van der Waals surface area (Å²) in [7, 11) is 1.70. The van der Waals surface area contributed by atoms with Crippen LogP contribution in [0.25, 0.3) is 0 Å². The van der Waals surface area contributed by atoms with Gasteiger partial charge in [0.05, 0.1) is 13.2 Å². The van der Waals surface area contributed by atoms with Crippen LogP contribution in [0.5, 0.6) is 5.75 Å². The summed E-state index contributed by atoms with van der Waals surface area (Å²) in [5, 5.41) is 10.9. The summed E-state index contributed by atoms with van der Waals surface area (Å²) in [4.78, 5) is 2.55. The minimum Gasteiger partial charge on any atom is -0.497 e. The van der Waals surface area contributed by atoms with Crippen LogP contribution in [0, 0.1) is 5.92 Å². The van der Waals surface area contributed by atoms with Crippen molar-refractivity contribution in [3.05, 3.63) is 29.3 Å². The predicted molar refractivity (Wildman–Crippen MR) is 84.6 cm³/mol. The summed E-state index contributed by atoms with van der Waals surface area (Å²) in [6.45, 7) is 5.78. The topological polar surface area (TPSA) is 32.7 Å². The van der Waals surface area contributed by atoms with Crippen molar-refractivity contribution >= 4 is 0 Å². The molecule has 1 aliphatic carbocycles. The molecule has 21 heavy (non-hydrogen) atoms. The van der Waals surface area contributed by atoms with E-state index in [0.29, 0.717) is 6.04 Å². The molecule has 3 heteroatoms. The van der Waals surface area contributed by atoms with Crippen molar-refractivity contribution in [2.45, 2.75) is 57.7 Å². The Bertz CT molecular complexity index is 502. The lowest BCUT2D eigenvalue weighted by Crippen LogP contribution is -2.51. The second-order valence-electron chi connectivity index (χ2n) is 6.71. The van der Waals surface area contributed by atoms with E-state index in [4.69, 9.17) is 4.74 Å². The van der Waals surface area contributed by atoms with Crippen LogP contribution in [0.1, 0.15) is 50.3 Å². The Morgan fingerprint density at radius 1 is 1.24 bits per heavy atom. The molecule has 0 bridgehead atoms. The van der Waals surface area contributed by atoms with E-state index in [9.17, 15) is 5.11 Å². The van der Waals surface area contributed by atoms with E-state index >= 15 is 0 Å². The Morgan fingerprint density at radius 3 is 2.81 bits per heavy atom. The van der Waals surface area contributed by atoms with Gasteiger partial charge >= 0.3 is 0 Å². The lowest BCUT2D eigenvalue weighted by Gasteiger charge is -2.46. The highest BCUT2D eigenvalue weighted by molar-refractivity contribution is 5.39. The molecule has 3 nitrogen and oxygen atoms in total. The third-order valence-corrected chi connectivity index (χ3v) is 5.59. The smallest absolute Gasteiger partial charge is 0.119 e. The molecule has 0 amide bonds. The predicted octanol–water partition coefficient (Wildman–Crippen LogP) is 3.16. The molecule has 1 saturated heterocycles. The molecular weight excluding hydrogens is 262 g/mol. The number of ether oxygens (including phenoxy) is 1. The zero-order chi connectivity index (χ0) is 15.0. The van der Waals surface area contributed by atoms with E-state index in [1.54, 1.807) is 7.11 Å². The van der Waals surface area contributed by atoms with Crippen LogP contribution in [-0.4, -0.2) is 35.7 Å². The zero-order valence-corrected chi connectivity index (χ0v) is 13.4. The first-order chi connectivity index (χ1) is 10.1. The maximum Gasteiger partial charge on any atom is 0.119 e. The highest BCUT2D eigenvalue weighted by Crippen LogP contribution is 2.38. The van der Waals surface area contributed by atoms with Gasteiger partial charge in [-0.2, -0.15) is 0 Å². The van der Waals surface area contributed by atoms with E-state index in [1.165, 1.54) is 18.4 Å². The molecule has 1 aromatic rings. The molecule has 1 heterocycles. The van der Waals surface area contributed by atoms with Gasteiger partial charge in [-0.1, -0.05) is 13.0 Å². The average Bonchev–Trinajstić information content (AvgIpc) is 2.50. The number of likely N-dealkylation sites (tertiary alicyclic amines) is 1. The maximum atomic E-state index is 10.9. The van der Waals surface area contributed by atoms with Crippen molar-refractivity contribution in [1.29, 1.82) is 0 Å². The van der Waals surface area contributed by atoms with Gasteiger partial charge in [0, 0.05) is 12.1 Å². The van der Waals surface area contributed by atoms with Crippen LogP contribution in [0.3, 0.4) is 0 Å². The van der Waals surface area contributed by atoms with E-state index < -0.39 is 0 Å². The molecule has 0 spiro atoms. The largest absolute Gasteiger partial charge is 0.497 e. The Hall–Kier alpha value is -1.06. The molecule has 1 aliphatic heterocycles. The number of benzene rings is 1. The van der Waals surface area contributed by atoms with Crippen LogP contribution in [-0.2, 0) is 6.42 Å². The third kappa shape index (κ3) is 2.69. The molecule has 0 radical (unpaired) electrons. The molecule has 1 aromatic carbocycles. The van der Waals surface area contributed by atoms with Crippen molar-refractivity contribution in [3.8, 4) is 5.75 Å². The van der Waals surface area contributed by atoms with E-state index in [0.717, 1.165) is 36.6 Å². The Kier molecular flexibility index (Phi) is 4.23. The SMILES string of the molecule is COc1ccc2c(c1)CCC(N1CCCC(C)C1C)C2O. The monoisotopic (exact) mass is 289 g/mol. The average molecular weight is 289 g/mol. The van der Waals surface area contributed by atoms with Crippen LogP contribution in [0.4, 0.5) is 0 Å². The summed E-state index contributed by atoms with van der Waals surface area (Å²) >= 11 is 0. The second kappa shape index (κ2) is 5.98. The minimum atomic E-state index is -0.368. The van der Waals surface area contributed by atoms with Crippen LogP contribution < -0.4 is 4.74 Å². The molecular formula is C18H27NO2. The standard InChI is InChI=1S/C18H27NO2/c1-12-5-4-10-19(13(12)2)17-9-6-14-11-15(21-3)7-8-16(14)18(17)20/h7-8,11-13,17-18,20H,4-6,9-10H2,1-3H3. The van der Waals surface area contributed by atoms with Crippen molar-refractivity contribution in [2.24, 2.45) is 5.92 Å². The van der Waals surface area contributed by atoms with Gasteiger partial charge in [-0.25, -0.2) is 0 Å². The Morgan fingerprint density at radius 2 is 2.05 bits per heavy atom. The number of hydrogen-bond donors (Lipinski definition) is 1. The molecule has 1 N–H and O–H groups in total. The Balaban J connectivity index is 1.83. The number of aliphatic hydroxyl groups is 1. The fraction of sp³-hybridized carbons (Fsp3) is 0.667. The number of fused-ring (bicyclic) bond motifs is 1. The number of rotatable bonds is 2. The summed E-state index contributed by atoms with van der Waals surface area (Å²) in [6.07, 6.45) is 4.27. The first-order valence-corrected chi connectivity index (χ1v) is 8.22. The highest BCUT2D eigenvalue weighted by Gasteiger charge is 2.37. The molecule has 116 valence electrons. The quantitative estimate of drug-likeness (QED) is 0.908. The van der Waals surface area contributed by atoms with Crippen LogP contribution in [0.2, 0.25) is 0 Å². The van der Waals surface area contributed by atoms with E-state index in [-0.39, 0.29) is 12.1 Å². The molecule has 0 aromatic heterocycles. The van der Waals surface area contributed by atoms with Gasteiger partial charge in [0.25, 0.3) is 0 Å². The first-order valence-electron chi connectivity index (χ1n) is 8.22. The Labute approximate surface area is 127 Å². The summed E-state index contributed by atoms with van der Waals surface area (Å²) in [5.41, 5.74) is 2.34.